The van der Waals surface area contributed by atoms with Gasteiger partial charge < -0.3 is 24.6 Å². The van der Waals surface area contributed by atoms with Gasteiger partial charge in [0.05, 0.1) is 18.8 Å². The number of alkyl halides is 2. The molecule has 38 heavy (non-hydrogen) atoms. The van der Waals surface area contributed by atoms with Crippen LogP contribution in [0.3, 0.4) is 0 Å². The monoisotopic (exact) mass is 530 g/mol. The van der Waals surface area contributed by atoms with Crippen LogP contribution in [0, 0.1) is 5.92 Å². The lowest BCUT2D eigenvalue weighted by molar-refractivity contribution is -0.136. The van der Waals surface area contributed by atoms with Crippen molar-refractivity contribution in [3.8, 4) is 11.5 Å². The molecule has 2 aliphatic rings. The van der Waals surface area contributed by atoms with Gasteiger partial charge in [-0.1, -0.05) is 6.07 Å². The molecule has 1 unspecified atom stereocenters. The number of hydrogen-bond acceptors (Lipinski definition) is 6. The van der Waals surface area contributed by atoms with Crippen LogP contribution in [0.4, 0.5) is 8.78 Å². The van der Waals surface area contributed by atoms with E-state index >= 15 is 0 Å². The van der Waals surface area contributed by atoms with E-state index in [4.69, 9.17) is 4.74 Å². The number of hydrogen-bond donors (Lipinski definition) is 1. The SMILES string of the molecule is CC(=O)N1CC(c2ccc(OC(F)F)c(OCC3CC3)c2)C[C@@H]1C(=O)NCc1cc(C(=O)N(C)C)ccn1. The fourth-order valence-electron chi connectivity index (χ4n) is 4.51. The molecule has 3 amide bonds. The first kappa shape index (κ1) is 27.3. The molecule has 204 valence electrons. The minimum atomic E-state index is -2.98. The first-order chi connectivity index (χ1) is 18.1. The van der Waals surface area contributed by atoms with Crippen molar-refractivity contribution in [3.63, 3.8) is 0 Å². The van der Waals surface area contributed by atoms with E-state index in [-0.39, 0.29) is 41.7 Å². The summed E-state index contributed by atoms with van der Waals surface area (Å²) in [5, 5.41) is 2.83. The van der Waals surface area contributed by atoms with Gasteiger partial charge in [0, 0.05) is 45.2 Å². The van der Waals surface area contributed by atoms with E-state index < -0.39 is 12.7 Å². The fraction of sp³-hybridized carbons (Fsp3) is 0.481. The van der Waals surface area contributed by atoms with Gasteiger partial charge in [0.1, 0.15) is 6.04 Å². The molecule has 0 bridgehead atoms. The average molecular weight is 531 g/mol. The second-order valence-electron chi connectivity index (χ2n) is 9.91. The van der Waals surface area contributed by atoms with Gasteiger partial charge in [-0.3, -0.25) is 19.4 Å². The largest absolute Gasteiger partial charge is 0.489 e. The van der Waals surface area contributed by atoms with Crippen LogP contribution >= 0.6 is 0 Å². The van der Waals surface area contributed by atoms with Gasteiger partial charge in [-0.05, 0) is 55.0 Å². The van der Waals surface area contributed by atoms with Crippen LogP contribution in [0.5, 0.6) is 11.5 Å². The minimum absolute atomic E-state index is 0.0393. The normalized spacial score (nSPS) is 18.8. The molecule has 9 nitrogen and oxygen atoms in total. The average Bonchev–Trinajstić information content (AvgIpc) is 3.60. The summed E-state index contributed by atoms with van der Waals surface area (Å²) in [6, 6.07) is 7.30. The second kappa shape index (κ2) is 11.7. The van der Waals surface area contributed by atoms with Gasteiger partial charge in [-0.2, -0.15) is 8.78 Å². The summed E-state index contributed by atoms with van der Waals surface area (Å²) in [5.74, 6) is -0.340. The Hall–Kier alpha value is -3.76. The summed E-state index contributed by atoms with van der Waals surface area (Å²) < 4.78 is 36.2. The molecule has 2 aromatic rings. The number of likely N-dealkylation sites (tertiary alicyclic amines) is 1. The highest BCUT2D eigenvalue weighted by atomic mass is 19.3. The van der Waals surface area contributed by atoms with Gasteiger partial charge >= 0.3 is 6.61 Å². The van der Waals surface area contributed by atoms with Crippen molar-refractivity contribution in [1.29, 1.82) is 0 Å². The Bertz CT molecular complexity index is 1190. The summed E-state index contributed by atoms with van der Waals surface area (Å²) >= 11 is 0. The highest BCUT2D eigenvalue weighted by Crippen LogP contribution is 2.39. The third kappa shape index (κ3) is 6.76. The summed E-state index contributed by atoms with van der Waals surface area (Å²) in [7, 11) is 3.30. The zero-order valence-electron chi connectivity index (χ0n) is 21.7. The number of amides is 3. The first-order valence-corrected chi connectivity index (χ1v) is 12.6. The number of carbonyl (C=O) groups is 3. The van der Waals surface area contributed by atoms with E-state index in [1.165, 1.54) is 29.0 Å². The summed E-state index contributed by atoms with van der Waals surface area (Å²) in [6.07, 6.45) is 3.96. The number of nitrogens with one attached hydrogen (secondary N) is 1. The number of nitrogens with zero attached hydrogens (tertiary/aromatic N) is 3. The molecule has 1 saturated heterocycles. The zero-order valence-corrected chi connectivity index (χ0v) is 21.7. The lowest BCUT2D eigenvalue weighted by Crippen LogP contribution is -2.45. The molecule has 1 saturated carbocycles. The predicted octanol–water partition coefficient (Wildman–Crippen LogP) is 3.19. The Labute approximate surface area is 220 Å². The van der Waals surface area contributed by atoms with Crippen molar-refractivity contribution < 1.29 is 32.6 Å². The van der Waals surface area contributed by atoms with Crippen molar-refractivity contribution in [2.45, 2.75) is 51.3 Å². The molecule has 1 aliphatic carbocycles. The number of carbonyl (C=O) groups excluding carboxylic acids is 3. The van der Waals surface area contributed by atoms with Crippen molar-refractivity contribution in [2.75, 3.05) is 27.2 Å². The molecule has 1 aromatic carbocycles. The van der Waals surface area contributed by atoms with E-state index in [1.807, 2.05) is 0 Å². The maximum Gasteiger partial charge on any atom is 0.387 e. The minimum Gasteiger partial charge on any atom is -0.489 e. The van der Waals surface area contributed by atoms with E-state index in [0.717, 1.165) is 18.4 Å². The summed E-state index contributed by atoms with van der Waals surface area (Å²) in [5.41, 5.74) is 1.75. The van der Waals surface area contributed by atoms with Crippen LogP contribution in [0.1, 0.15) is 53.7 Å². The summed E-state index contributed by atoms with van der Waals surface area (Å²) in [4.78, 5) is 44.9. The maximum atomic E-state index is 13.1. The topological polar surface area (TPSA) is 101 Å². The Kier molecular flexibility index (Phi) is 8.43. The molecule has 1 aliphatic heterocycles. The Morgan fingerprint density at radius 2 is 1.92 bits per heavy atom. The van der Waals surface area contributed by atoms with E-state index in [9.17, 15) is 23.2 Å². The van der Waals surface area contributed by atoms with Gasteiger partial charge in [-0.25, -0.2) is 0 Å². The molecular weight excluding hydrogens is 498 g/mol. The van der Waals surface area contributed by atoms with Crippen molar-refractivity contribution in [1.82, 2.24) is 20.1 Å². The quantitative estimate of drug-likeness (QED) is 0.507. The molecule has 0 spiro atoms. The smallest absolute Gasteiger partial charge is 0.387 e. The van der Waals surface area contributed by atoms with Crippen LogP contribution in [0.2, 0.25) is 0 Å². The van der Waals surface area contributed by atoms with Gasteiger partial charge in [0.15, 0.2) is 11.5 Å². The maximum absolute atomic E-state index is 13.1. The molecule has 11 heteroatoms. The van der Waals surface area contributed by atoms with Crippen molar-refractivity contribution >= 4 is 17.7 Å². The highest BCUT2D eigenvalue weighted by Gasteiger charge is 2.39. The molecule has 2 fully saturated rings. The van der Waals surface area contributed by atoms with Crippen molar-refractivity contribution in [3.05, 3.63) is 53.3 Å². The molecule has 0 radical (unpaired) electrons. The fourth-order valence-corrected chi connectivity index (χ4v) is 4.51. The van der Waals surface area contributed by atoms with E-state index in [1.54, 1.807) is 38.4 Å². The van der Waals surface area contributed by atoms with Crippen LogP contribution in [-0.2, 0) is 16.1 Å². The highest BCUT2D eigenvalue weighted by molar-refractivity contribution is 5.94. The number of halogens is 2. The van der Waals surface area contributed by atoms with Gasteiger partial charge in [-0.15, -0.1) is 0 Å². The van der Waals surface area contributed by atoms with Crippen LogP contribution in [0.25, 0.3) is 0 Å². The van der Waals surface area contributed by atoms with Crippen molar-refractivity contribution in [2.24, 2.45) is 5.92 Å². The van der Waals surface area contributed by atoms with E-state index in [2.05, 4.69) is 15.0 Å². The van der Waals surface area contributed by atoms with Gasteiger partial charge in [0.25, 0.3) is 5.91 Å². The molecule has 4 rings (SSSR count). The number of ether oxygens (including phenoxy) is 2. The summed E-state index contributed by atoms with van der Waals surface area (Å²) in [6.45, 7) is -0.750. The lowest BCUT2D eigenvalue weighted by atomic mass is 9.95. The van der Waals surface area contributed by atoms with Crippen LogP contribution in [-0.4, -0.2) is 72.4 Å². The lowest BCUT2D eigenvalue weighted by Gasteiger charge is -2.22. The third-order valence-electron chi connectivity index (χ3n) is 6.75. The Balaban J connectivity index is 1.45. The molecular formula is C27H32F2N4O5. The van der Waals surface area contributed by atoms with Gasteiger partial charge in [0.2, 0.25) is 11.8 Å². The number of rotatable bonds is 10. The Morgan fingerprint density at radius 1 is 1.16 bits per heavy atom. The molecule has 1 aromatic heterocycles. The number of benzene rings is 1. The number of pyridine rings is 1. The molecule has 2 heterocycles. The van der Waals surface area contributed by atoms with Crippen LogP contribution < -0.4 is 14.8 Å². The molecule has 1 N–H and O–H groups in total. The predicted molar refractivity (Wildman–Crippen MR) is 134 cm³/mol. The third-order valence-corrected chi connectivity index (χ3v) is 6.75. The standard InChI is InChI=1S/C27H32F2N4O5/c1-16(34)33-14-20(18-6-7-23(38-27(28)29)24(12-18)37-15-17-4-5-17)11-22(33)25(35)31-13-21-10-19(8-9-30-21)26(36)32(2)3/h6-10,12,17,20,22,27H,4-5,11,13-15H2,1-3H3,(H,31,35)/t20?,22-/m1/s1. The number of aromatic nitrogens is 1. The Morgan fingerprint density at radius 3 is 2.58 bits per heavy atom. The van der Waals surface area contributed by atoms with E-state index in [0.29, 0.717) is 36.7 Å². The second-order valence-corrected chi connectivity index (χ2v) is 9.91. The molecule has 2 atom stereocenters. The zero-order chi connectivity index (χ0) is 27.4. The first-order valence-electron chi connectivity index (χ1n) is 12.6. The van der Waals surface area contributed by atoms with Crippen LogP contribution in [0.15, 0.2) is 36.5 Å².